The van der Waals surface area contributed by atoms with Crippen LogP contribution in [0.5, 0.6) is 0 Å². The fraction of sp³-hybridized carbons (Fsp3) is 0.391. The fourth-order valence-electron chi connectivity index (χ4n) is 3.39. The van der Waals surface area contributed by atoms with Gasteiger partial charge in [0.15, 0.2) is 17.0 Å². The van der Waals surface area contributed by atoms with Gasteiger partial charge in [-0.15, -0.1) is 0 Å². The summed E-state index contributed by atoms with van der Waals surface area (Å²) in [5, 5.41) is 4.48. The Balaban J connectivity index is 0.000000237. The van der Waals surface area contributed by atoms with Crippen LogP contribution in [-0.4, -0.2) is 48.9 Å². The maximum Gasteiger partial charge on any atom is 0.305 e. The molecule has 1 atom stereocenters. The maximum atomic E-state index is 11.1. The molecule has 0 saturated heterocycles. The highest BCUT2D eigenvalue weighted by Crippen LogP contribution is 2.28. The van der Waals surface area contributed by atoms with Crippen molar-refractivity contribution in [3.63, 3.8) is 0 Å². The highest BCUT2D eigenvalue weighted by molar-refractivity contribution is 14.2. The van der Waals surface area contributed by atoms with Crippen molar-refractivity contribution in [2.75, 3.05) is 24.7 Å². The number of nitrogens with zero attached hydrogens (tertiary/aromatic N) is 6. The number of fused-ring (bicyclic) bond motifs is 2. The standard InChI is InChI=1S/C18H25N3O2.C5H5IN5P/c1-3-9-16-20-15-11-7-6-10-14(15)18(21-16)19-13-8-4-5-12-17(22)23-2;6-12-11-2-10-3-4(7)8-1-9-5(3)11/h6-7,10-11H,3-5,8-9,12-13H2,1-2H3,(H,19,20,21);1-2,12H,(H2,7,8,9). The molecule has 0 bridgehead atoms. The topological polar surface area (TPSA) is 134 Å². The van der Waals surface area contributed by atoms with Gasteiger partial charge in [0.2, 0.25) is 0 Å². The summed E-state index contributed by atoms with van der Waals surface area (Å²) in [5.74, 6) is 2.10. The van der Waals surface area contributed by atoms with Crippen LogP contribution in [0.2, 0.25) is 0 Å². The van der Waals surface area contributed by atoms with Crippen LogP contribution >= 0.6 is 28.4 Å². The molecule has 1 aromatic carbocycles. The molecule has 0 saturated carbocycles. The third-order valence-electron chi connectivity index (χ3n) is 5.15. The number of halogens is 1. The number of hydrogen-bond donors (Lipinski definition) is 2. The maximum absolute atomic E-state index is 11.1. The van der Waals surface area contributed by atoms with E-state index in [1.54, 1.807) is 6.33 Å². The Morgan fingerprint density at radius 2 is 2.00 bits per heavy atom. The van der Waals surface area contributed by atoms with Crippen molar-refractivity contribution in [1.29, 1.82) is 0 Å². The Morgan fingerprint density at radius 1 is 1.17 bits per heavy atom. The first-order valence-electron chi connectivity index (χ1n) is 11.4. The second kappa shape index (κ2) is 14.0. The number of methoxy groups -OCH3 is 1. The normalized spacial score (nSPS) is 11.1. The van der Waals surface area contributed by atoms with Gasteiger partial charge in [0.25, 0.3) is 0 Å². The van der Waals surface area contributed by atoms with Crippen molar-refractivity contribution in [1.82, 2.24) is 29.3 Å². The summed E-state index contributed by atoms with van der Waals surface area (Å²) in [6.45, 7) is 2.97. The lowest BCUT2D eigenvalue weighted by molar-refractivity contribution is -0.140. The molecule has 0 radical (unpaired) electrons. The smallest absolute Gasteiger partial charge is 0.305 e. The van der Waals surface area contributed by atoms with Gasteiger partial charge in [-0.05, 0) is 53.4 Å². The van der Waals surface area contributed by atoms with E-state index in [-0.39, 0.29) is 5.97 Å². The number of benzene rings is 1. The molecule has 10 nitrogen and oxygen atoms in total. The summed E-state index contributed by atoms with van der Waals surface area (Å²) in [7, 11) is 1.43. The predicted octanol–water partition coefficient (Wildman–Crippen LogP) is 4.93. The van der Waals surface area contributed by atoms with E-state index in [1.807, 2.05) is 28.6 Å². The number of esters is 1. The molecule has 0 amide bonds. The molecule has 3 N–H and O–H groups in total. The van der Waals surface area contributed by atoms with E-state index in [0.717, 1.165) is 66.8 Å². The minimum Gasteiger partial charge on any atom is -0.469 e. The van der Waals surface area contributed by atoms with Crippen LogP contribution < -0.4 is 11.1 Å². The molecule has 35 heavy (non-hydrogen) atoms. The van der Waals surface area contributed by atoms with Crippen LogP contribution in [0.3, 0.4) is 0 Å². The minimum atomic E-state index is -0.135. The lowest BCUT2D eigenvalue weighted by atomic mass is 10.2. The Labute approximate surface area is 219 Å². The van der Waals surface area contributed by atoms with E-state index in [1.165, 1.54) is 13.4 Å². The Bertz CT molecular complexity index is 1250. The van der Waals surface area contributed by atoms with Gasteiger partial charge >= 0.3 is 5.97 Å². The molecule has 4 aromatic rings. The molecule has 1 unspecified atom stereocenters. The number of hydrogen-bond acceptors (Lipinski definition) is 9. The highest BCUT2D eigenvalue weighted by Gasteiger charge is 2.07. The van der Waals surface area contributed by atoms with Gasteiger partial charge in [-0.25, -0.2) is 24.9 Å². The van der Waals surface area contributed by atoms with Gasteiger partial charge < -0.3 is 15.8 Å². The van der Waals surface area contributed by atoms with Crippen LogP contribution in [0, 0.1) is 0 Å². The number of unbranched alkanes of at least 4 members (excludes halogenated alkanes) is 2. The predicted molar refractivity (Wildman–Crippen MR) is 150 cm³/mol. The van der Waals surface area contributed by atoms with E-state index in [2.05, 4.69) is 63.9 Å². The number of aryl methyl sites for hydroxylation is 1. The lowest BCUT2D eigenvalue weighted by Crippen LogP contribution is -2.07. The van der Waals surface area contributed by atoms with E-state index >= 15 is 0 Å². The molecule has 3 aromatic heterocycles. The van der Waals surface area contributed by atoms with Crippen LogP contribution in [-0.2, 0) is 16.0 Å². The number of anilines is 2. The Morgan fingerprint density at radius 3 is 2.77 bits per heavy atom. The molecule has 0 fully saturated rings. The largest absolute Gasteiger partial charge is 0.469 e. The van der Waals surface area contributed by atoms with Crippen LogP contribution in [0.25, 0.3) is 22.1 Å². The van der Waals surface area contributed by atoms with E-state index < -0.39 is 0 Å². The molecule has 4 rings (SSSR count). The first-order chi connectivity index (χ1) is 17.1. The molecule has 0 aliphatic heterocycles. The van der Waals surface area contributed by atoms with Gasteiger partial charge in [-0.1, -0.05) is 25.5 Å². The van der Waals surface area contributed by atoms with E-state index in [4.69, 9.17) is 5.73 Å². The molecule has 3 heterocycles. The van der Waals surface area contributed by atoms with Gasteiger partial charge in [0.1, 0.15) is 24.3 Å². The molecule has 186 valence electrons. The van der Waals surface area contributed by atoms with Crippen LogP contribution in [0.4, 0.5) is 11.6 Å². The minimum absolute atomic E-state index is 0.135. The highest BCUT2D eigenvalue weighted by atomic mass is 127. The van der Waals surface area contributed by atoms with Gasteiger partial charge in [-0.3, -0.25) is 9.13 Å². The van der Waals surface area contributed by atoms with E-state index in [9.17, 15) is 4.79 Å². The van der Waals surface area contributed by atoms with Crippen LogP contribution in [0.1, 0.15) is 44.9 Å². The monoisotopic (exact) mass is 608 g/mol. The van der Waals surface area contributed by atoms with Crippen molar-refractivity contribution < 1.29 is 9.53 Å². The summed E-state index contributed by atoms with van der Waals surface area (Å²) >= 11 is 2.26. The second-order valence-corrected chi connectivity index (χ2v) is 9.80. The van der Waals surface area contributed by atoms with Gasteiger partial charge in [0.05, 0.1) is 19.0 Å². The number of nitrogens with two attached hydrogens (primary N) is 1. The van der Waals surface area contributed by atoms with Crippen molar-refractivity contribution in [3.05, 3.63) is 42.7 Å². The first-order valence-corrected chi connectivity index (χ1v) is 15.5. The average Bonchev–Trinajstić information content (AvgIpc) is 3.31. The summed E-state index contributed by atoms with van der Waals surface area (Å²) in [4.78, 5) is 32.4. The number of aromatic nitrogens is 6. The van der Waals surface area contributed by atoms with E-state index in [0.29, 0.717) is 24.1 Å². The lowest BCUT2D eigenvalue weighted by Gasteiger charge is -2.10. The quantitative estimate of drug-likeness (QED) is 0.111. The number of imidazole rings is 1. The summed E-state index contributed by atoms with van der Waals surface area (Å²) in [6, 6.07) is 8.08. The summed E-state index contributed by atoms with van der Waals surface area (Å²) in [5.41, 5.74) is 8.07. The molecular formula is C23H30IN8O2P. The van der Waals surface area contributed by atoms with Crippen molar-refractivity contribution >= 4 is 68.1 Å². The zero-order valence-corrected chi connectivity index (χ0v) is 23.0. The van der Waals surface area contributed by atoms with Crippen molar-refractivity contribution in [2.24, 2.45) is 0 Å². The van der Waals surface area contributed by atoms with Crippen molar-refractivity contribution in [2.45, 2.75) is 45.4 Å². The molecule has 0 spiro atoms. The Hall–Kier alpha value is -2.66. The zero-order valence-electron chi connectivity index (χ0n) is 19.9. The summed E-state index contributed by atoms with van der Waals surface area (Å²) in [6.07, 6.45) is 9.02. The number of ether oxygens (including phenoxy) is 1. The molecule has 12 heteroatoms. The third kappa shape index (κ3) is 7.66. The number of carbonyl (C=O) groups is 1. The summed E-state index contributed by atoms with van der Waals surface area (Å²) < 4.78 is 6.58. The zero-order chi connectivity index (χ0) is 25.0. The molecule has 0 aliphatic carbocycles. The van der Waals surface area contributed by atoms with Gasteiger partial charge in [0, 0.05) is 24.8 Å². The number of nitrogens with one attached hydrogen (secondary N) is 1. The number of nitrogen functional groups attached to an aromatic ring is 1. The van der Waals surface area contributed by atoms with Crippen LogP contribution in [0.15, 0.2) is 36.9 Å². The first kappa shape index (κ1) is 26.9. The second-order valence-electron chi connectivity index (χ2n) is 7.70. The SMILES string of the molecule is CCCc1nc(NCCCCCC(=O)OC)c2ccccc2n1.Nc1ncnc2c1ncn2PI. The molecular weight excluding hydrogens is 578 g/mol. The number of para-hydroxylation sites is 1. The fourth-order valence-corrected chi connectivity index (χ4v) is 4.79. The number of carbonyl (C=O) groups excluding carboxylic acids is 1. The van der Waals surface area contributed by atoms with Gasteiger partial charge in [-0.2, -0.15) is 0 Å². The third-order valence-corrected chi connectivity index (χ3v) is 7.22. The number of rotatable bonds is 10. The molecule has 0 aliphatic rings. The van der Waals surface area contributed by atoms with Crippen molar-refractivity contribution in [3.8, 4) is 0 Å². The Kier molecular flexibility index (Phi) is 10.8. The average molecular weight is 608 g/mol.